The number of ether oxygens (including phenoxy) is 1. The Bertz CT molecular complexity index is 712. The molecule has 1 saturated heterocycles. The Morgan fingerprint density at radius 3 is 2.75 bits per heavy atom. The van der Waals surface area contributed by atoms with Crippen LogP contribution in [0.2, 0.25) is 5.02 Å². The van der Waals surface area contributed by atoms with Gasteiger partial charge in [0, 0.05) is 18.6 Å². The van der Waals surface area contributed by atoms with Gasteiger partial charge in [-0.3, -0.25) is 14.5 Å². The van der Waals surface area contributed by atoms with Crippen molar-refractivity contribution in [3.63, 3.8) is 0 Å². The summed E-state index contributed by atoms with van der Waals surface area (Å²) < 4.78 is 5.24. The summed E-state index contributed by atoms with van der Waals surface area (Å²) in [5, 5.41) is 3.28. The fourth-order valence-corrected chi connectivity index (χ4v) is 4.58. The number of hydrogen-bond acceptors (Lipinski definition) is 4. The van der Waals surface area contributed by atoms with Gasteiger partial charge >= 0.3 is 0 Å². The number of likely N-dealkylation sites (tertiary alicyclic amines) is 1. The number of piperidine rings is 1. The first-order valence-corrected chi connectivity index (χ1v) is 10.4. The fourth-order valence-electron chi connectivity index (χ4n) is 4.40. The number of amides is 2. The molecule has 2 fully saturated rings. The van der Waals surface area contributed by atoms with Crippen LogP contribution in [-0.2, 0) is 9.59 Å². The normalized spacial score (nSPS) is 22.2. The van der Waals surface area contributed by atoms with Crippen LogP contribution < -0.4 is 10.1 Å². The standard InChI is InChI=1S/C21H30ClN3O3/c1-24(13-20(26)23-18-11-17(22)7-8-19(18)28-2)21(27)14-25-10-9-15-5-3-4-6-16(15)12-25/h7-8,11,15-16H,3-6,9-10,12-14H2,1-2H3,(H,23,26)/t15-,16+/m0/s1. The topological polar surface area (TPSA) is 61.9 Å². The number of anilines is 1. The van der Waals surface area contributed by atoms with Gasteiger partial charge in [0.2, 0.25) is 11.8 Å². The molecule has 1 N–H and O–H groups in total. The van der Waals surface area contributed by atoms with E-state index in [1.54, 1.807) is 25.2 Å². The molecule has 0 aromatic heterocycles. The molecule has 6 nitrogen and oxygen atoms in total. The van der Waals surface area contributed by atoms with Crippen LogP contribution >= 0.6 is 11.6 Å². The maximum Gasteiger partial charge on any atom is 0.244 e. The Balaban J connectivity index is 1.48. The summed E-state index contributed by atoms with van der Waals surface area (Å²) >= 11 is 5.99. The average Bonchev–Trinajstić information content (AvgIpc) is 2.68. The van der Waals surface area contributed by atoms with Crippen LogP contribution in [0.5, 0.6) is 5.75 Å². The summed E-state index contributed by atoms with van der Waals surface area (Å²) in [5.74, 6) is 1.81. The van der Waals surface area contributed by atoms with E-state index in [1.165, 1.54) is 44.1 Å². The molecule has 0 bridgehead atoms. The van der Waals surface area contributed by atoms with Gasteiger partial charge in [-0.25, -0.2) is 0 Å². The first kappa shape index (κ1) is 20.9. The molecule has 1 saturated carbocycles. The second kappa shape index (κ2) is 9.61. The number of likely N-dealkylation sites (N-methyl/N-ethyl adjacent to an activating group) is 1. The summed E-state index contributed by atoms with van der Waals surface area (Å²) in [4.78, 5) is 28.7. The number of hydrogen-bond donors (Lipinski definition) is 1. The molecule has 1 aliphatic carbocycles. The predicted molar refractivity (Wildman–Crippen MR) is 111 cm³/mol. The van der Waals surface area contributed by atoms with Crippen molar-refractivity contribution < 1.29 is 14.3 Å². The van der Waals surface area contributed by atoms with E-state index >= 15 is 0 Å². The van der Waals surface area contributed by atoms with Crippen molar-refractivity contribution in [1.29, 1.82) is 0 Å². The molecule has 1 aromatic carbocycles. The van der Waals surface area contributed by atoms with E-state index in [9.17, 15) is 9.59 Å². The molecule has 2 amide bonds. The van der Waals surface area contributed by atoms with Crippen molar-refractivity contribution >= 4 is 29.1 Å². The lowest BCUT2D eigenvalue weighted by Crippen LogP contribution is -2.47. The Morgan fingerprint density at radius 1 is 1.25 bits per heavy atom. The zero-order valence-corrected chi connectivity index (χ0v) is 17.5. The van der Waals surface area contributed by atoms with Gasteiger partial charge in [0.25, 0.3) is 0 Å². The zero-order valence-electron chi connectivity index (χ0n) is 16.7. The number of carbonyl (C=O) groups is 2. The van der Waals surface area contributed by atoms with Crippen LogP contribution in [0.4, 0.5) is 5.69 Å². The van der Waals surface area contributed by atoms with E-state index in [1.807, 2.05) is 0 Å². The first-order valence-electron chi connectivity index (χ1n) is 10.1. The van der Waals surface area contributed by atoms with E-state index in [0.29, 0.717) is 23.0 Å². The molecule has 0 spiro atoms. The monoisotopic (exact) mass is 407 g/mol. The summed E-state index contributed by atoms with van der Waals surface area (Å²) in [5.41, 5.74) is 0.500. The third-order valence-corrected chi connectivity index (χ3v) is 6.21. The molecule has 2 atom stereocenters. The summed E-state index contributed by atoms with van der Waals surface area (Å²) in [6.45, 7) is 2.37. The lowest BCUT2D eigenvalue weighted by atomic mass is 9.75. The second-order valence-electron chi connectivity index (χ2n) is 7.97. The molecular weight excluding hydrogens is 378 g/mol. The Hall–Kier alpha value is -1.79. The van der Waals surface area contributed by atoms with Gasteiger partial charge in [-0.1, -0.05) is 30.9 Å². The maximum absolute atomic E-state index is 12.6. The molecule has 3 rings (SSSR count). The molecule has 28 heavy (non-hydrogen) atoms. The molecular formula is C21H30ClN3O3. The zero-order chi connectivity index (χ0) is 20.1. The SMILES string of the molecule is COc1ccc(Cl)cc1NC(=O)CN(C)C(=O)CN1CC[C@@H]2CCCC[C@@H]2C1. The van der Waals surface area contributed by atoms with E-state index in [-0.39, 0.29) is 18.4 Å². The Kier molecular flexibility index (Phi) is 7.18. The highest BCUT2D eigenvalue weighted by molar-refractivity contribution is 6.31. The lowest BCUT2D eigenvalue weighted by molar-refractivity contribution is -0.135. The molecule has 0 radical (unpaired) electrons. The number of rotatable bonds is 6. The number of fused-ring (bicyclic) bond motifs is 1. The number of methoxy groups -OCH3 is 1. The van der Waals surface area contributed by atoms with Gasteiger partial charge in [-0.15, -0.1) is 0 Å². The van der Waals surface area contributed by atoms with Crippen LogP contribution in [0.25, 0.3) is 0 Å². The third-order valence-electron chi connectivity index (χ3n) is 5.98. The lowest BCUT2D eigenvalue weighted by Gasteiger charge is -2.41. The minimum absolute atomic E-state index is 0.00556. The smallest absolute Gasteiger partial charge is 0.244 e. The average molecular weight is 408 g/mol. The number of nitrogens with zero attached hydrogens (tertiary/aromatic N) is 2. The Morgan fingerprint density at radius 2 is 2.00 bits per heavy atom. The molecule has 1 aliphatic heterocycles. The molecule has 2 aliphatic rings. The quantitative estimate of drug-likeness (QED) is 0.786. The van der Waals surface area contributed by atoms with Gasteiger partial charge in [0.05, 0.1) is 25.9 Å². The van der Waals surface area contributed by atoms with Crippen LogP contribution in [0.1, 0.15) is 32.1 Å². The van der Waals surface area contributed by atoms with Crippen molar-refractivity contribution in [2.24, 2.45) is 11.8 Å². The van der Waals surface area contributed by atoms with Crippen LogP contribution in [0.15, 0.2) is 18.2 Å². The van der Waals surface area contributed by atoms with E-state index in [2.05, 4.69) is 10.2 Å². The highest BCUT2D eigenvalue weighted by atomic mass is 35.5. The third kappa shape index (κ3) is 5.39. The minimum Gasteiger partial charge on any atom is -0.495 e. The number of nitrogens with one attached hydrogen (secondary N) is 1. The van der Waals surface area contributed by atoms with E-state index < -0.39 is 0 Å². The minimum atomic E-state index is -0.276. The molecule has 0 unspecified atom stereocenters. The second-order valence-corrected chi connectivity index (χ2v) is 8.41. The molecule has 154 valence electrons. The largest absolute Gasteiger partial charge is 0.495 e. The van der Waals surface area contributed by atoms with Crippen LogP contribution in [0, 0.1) is 11.8 Å². The highest BCUT2D eigenvalue weighted by Crippen LogP contribution is 2.36. The highest BCUT2D eigenvalue weighted by Gasteiger charge is 2.32. The van der Waals surface area contributed by atoms with Crippen molar-refractivity contribution in [1.82, 2.24) is 9.80 Å². The number of benzene rings is 1. The van der Waals surface area contributed by atoms with Gasteiger partial charge in [-0.2, -0.15) is 0 Å². The molecule has 1 heterocycles. The van der Waals surface area contributed by atoms with Gasteiger partial charge in [0.15, 0.2) is 0 Å². The van der Waals surface area contributed by atoms with E-state index in [0.717, 1.165) is 24.9 Å². The molecule has 1 aromatic rings. The van der Waals surface area contributed by atoms with Crippen molar-refractivity contribution in [3.8, 4) is 5.75 Å². The predicted octanol–water partition coefficient (Wildman–Crippen LogP) is 3.26. The van der Waals surface area contributed by atoms with Crippen molar-refractivity contribution in [2.75, 3.05) is 45.7 Å². The summed E-state index contributed by atoms with van der Waals surface area (Å²) in [6, 6.07) is 5.03. The molecule has 7 heteroatoms. The first-order chi connectivity index (χ1) is 13.5. The Labute approximate surface area is 172 Å². The summed E-state index contributed by atoms with van der Waals surface area (Å²) in [7, 11) is 3.20. The van der Waals surface area contributed by atoms with Crippen LogP contribution in [-0.4, -0.2) is 62.0 Å². The van der Waals surface area contributed by atoms with Gasteiger partial charge in [0.1, 0.15) is 5.75 Å². The fraction of sp³-hybridized carbons (Fsp3) is 0.619. The van der Waals surface area contributed by atoms with Gasteiger partial charge < -0.3 is 15.0 Å². The van der Waals surface area contributed by atoms with E-state index in [4.69, 9.17) is 16.3 Å². The number of carbonyl (C=O) groups excluding carboxylic acids is 2. The number of halogens is 1. The maximum atomic E-state index is 12.6. The summed E-state index contributed by atoms with van der Waals surface area (Å²) in [6.07, 6.45) is 6.50. The van der Waals surface area contributed by atoms with Gasteiger partial charge in [-0.05, 0) is 49.4 Å². The van der Waals surface area contributed by atoms with Crippen molar-refractivity contribution in [3.05, 3.63) is 23.2 Å². The van der Waals surface area contributed by atoms with Crippen LogP contribution in [0.3, 0.4) is 0 Å². The van der Waals surface area contributed by atoms with Crippen molar-refractivity contribution in [2.45, 2.75) is 32.1 Å².